The van der Waals surface area contributed by atoms with Crippen LogP contribution in [0.15, 0.2) is 0 Å². The molecule has 0 aliphatic heterocycles. The van der Waals surface area contributed by atoms with Crippen LogP contribution in [-0.4, -0.2) is 134 Å². The molecule has 1 radical (unpaired) electrons. The van der Waals surface area contributed by atoms with E-state index in [4.69, 9.17) is 20.4 Å². The largest absolute Gasteiger partial charge is 0.480 e. The third kappa shape index (κ3) is 18.7. The summed E-state index contributed by atoms with van der Waals surface area (Å²) in [5, 5.41) is 34.5. The fraction of sp³-hybridized carbons (Fsp3) is 0.600. The first-order valence-electron chi connectivity index (χ1n) is 5.52. The van der Waals surface area contributed by atoms with Crippen LogP contribution in [0.25, 0.3) is 0 Å². The molecule has 0 atom stereocenters. The fourth-order valence-corrected chi connectivity index (χ4v) is 1.48. The predicted octanol–water partition coefficient (Wildman–Crippen LogP) is -4.10. The summed E-state index contributed by atoms with van der Waals surface area (Å²) in [7, 11) is 0. The summed E-state index contributed by atoms with van der Waals surface area (Å²) in [5.74, 6) is -4.91. The minimum atomic E-state index is -1.23. The number of aliphatic carboxylic acids is 4. The average molecular weight is 351 g/mol. The Bertz CT molecular complexity index is 324. The third-order valence-corrected chi connectivity index (χ3v) is 2.17. The summed E-state index contributed by atoms with van der Waals surface area (Å²) in [6.45, 7) is -2.25. The van der Waals surface area contributed by atoms with Gasteiger partial charge < -0.3 is 31.4 Å². The summed E-state index contributed by atoms with van der Waals surface area (Å²) < 4.78 is 0. The van der Waals surface area contributed by atoms with Crippen LogP contribution in [0.3, 0.4) is 0 Å². The van der Waals surface area contributed by atoms with E-state index in [2.05, 4.69) is 0 Å². The first-order chi connectivity index (χ1) is 9.20. The average Bonchev–Trinajstić information content (AvgIpc) is 2.22. The topological polar surface area (TPSA) is 219 Å². The van der Waals surface area contributed by atoms with E-state index in [9.17, 15) is 19.2 Å². The van der Waals surface area contributed by atoms with E-state index in [1.54, 1.807) is 0 Å². The number of carboxylic acids is 4. The van der Waals surface area contributed by atoms with Gasteiger partial charge in [-0.3, -0.25) is 29.0 Å². The number of carboxylic acid groups (broad SMARTS) is 4. The number of hydrogen-bond acceptors (Lipinski definition) is 6. The molecule has 23 heavy (non-hydrogen) atoms. The quantitative estimate of drug-likeness (QED) is 0.263. The van der Waals surface area contributed by atoms with Crippen LogP contribution in [0.1, 0.15) is 0 Å². The second kappa shape index (κ2) is 15.6. The van der Waals surface area contributed by atoms with Crippen LogP contribution in [0.2, 0.25) is 0 Å². The van der Waals surface area contributed by atoms with E-state index in [0.29, 0.717) is 0 Å². The number of rotatable bonds is 11. The van der Waals surface area contributed by atoms with Gasteiger partial charge in [0, 0.05) is 42.6 Å². The molecule has 0 aliphatic rings. The van der Waals surface area contributed by atoms with Gasteiger partial charge in [0.15, 0.2) is 0 Å². The molecule has 0 fully saturated rings. The Hall–Kier alpha value is -1.28. The van der Waals surface area contributed by atoms with Crippen LogP contribution in [0.5, 0.6) is 0 Å². The Labute approximate surface area is 153 Å². The van der Waals surface area contributed by atoms with E-state index in [0.717, 1.165) is 9.80 Å². The molecule has 12 nitrogen and oxygen atoms in total. The molecule has 0 heterocycles. The van der Waals surface area contributed by atoms with Crippen molar-refractivity contribution in [1.29, 1.82) is 0 Å². The van der Waals surface area contributed by atoms with Crippen LogP contribution >= 0.6 is 0 Å². The van der Waals surface area contributed by atoms with E-state index >= 15 is 0 Å². The first-order valence-corrected chi connectivity index (χ1v) is 5.52. The van der Waals surface area contributed by atoms with E-state index < -0.39 is 50.1 Å². The Balaban J connectivity index is -0.000000602. The van der Waals surface area contributed by atoms with Gasteiger partial charge in [-0.15, -0.1) is 0 Å². The zero-order valence-electron chi connectivity index (χ0n) is 12.6. The van der Waals surface area contributed by atoms with Crippen LogP contribution in [0.4, 0.5) is 0 Å². The van der Waals surface area contributed by atoms with Crippen LogP contribution in [0, 0.1) is 0 Å². The first kappa shape index (κ1) is 29.7. The van der Waals surface area contributed by atoms with Gasteiger partial charge in [0.1, 0.15) is 0 Å². The molecule has 0 amide bonds. The Morgan fingerprint density at radius 3 is 0.870 bits per heavy atom. The van der Waals surface area contributed by atoms with Gasteiger partial charge in [-0.1, -0.05) is 0 Å². The van der Waals surface area contributed by atoms with Gasteiger partial charge in [-0.25, -0.2) is 0 Å². The van der Waals surface area contributed by atoms with E-state index in [1.807, 2.05) is 0 Å². The molecule has 131 valence electrons. The summed E-state index contributed by atoms with van der Waals surface area (Å²) in [6.07, 6.45) is 0. The van der Waals surface area contributed by atoms with Crippen molar-refractivity contribution in [3.05, 3.63) is 0 Å². The van der Waals surface area contributed by atoms with Crippen molar-refractivity contribution in [2.75, 3.05) is 39.3 Å². The summed E-state index contributed by atoms with van der Waals surface area (Å²) >= 11 is 0. The van der Waals surface area contributed by atoms with Gasteiger partial charge >= 0.3 is 23.9 Å². The number of nitrogens with zero attached hydrogens (tertiary/aromatic N) is 2. The normalized spacial score (nSPS) is 9.30. The van der Waals surface area contributed by atoms with Gasteiger partial charge in [-0.05, 0) is 0 Å². The molecule has 0 spiro atoms. The molecule has 0 saturated carbocycles. The Kier molecular flexibility index (Phi) is 20.2. The maximum absolute atomic E-state index is 10.6. The van der Waals surface area contributed by atoms with Crippen LogP contribution < -0.4 is 0 Å². The molecule has 0 aliphatic carbocycles. The van der Waals surface area contributed by atoms with Crippen LogP contribution in [-0.2, 0) is 19.2 Å². The van der Waals surface area contributed by atoms with E-state index in [1.165, 1.54) is 0 Å². The molecule has 0 aromatic rings. The van der Waals surface area contributed by atoms with Gasteiger partial charge in [0.2, 0.25) is 0 Å². The summed E-state index contributed by atoms with van der Waals surface area (Å²) in [6, 6.07) is 0. The zero-order valence-corrected chi connectivity index (χ0v) is 14.6. The van der Waals surface area contributed by atoms with Crippen molar-refractivity contribution < 1.29 is 50.6 Å². The minimum absolute atomic E-state index is 0. The molecule has 8 N–H and O–H groups in total. The van der Waals surface area contributed by atoms with Crippen molar-refractivity contribution >= 4 is 53.4 Å². The molecule has 13 heteroatoms. The summed E-state index contributed by atoms with van der Waals surface area (Å²) in [4.78, 5) is 44.4. The minimum Gasteiger partial charge on any atom is -0.480 e. The Morgan fingerprint density at radius 2 is 0.739 bits per heavy atom. The molecule has 0 saturated heterocycles. The third-order valence-electron chi connectivity index (χ3n) is 2.17. The second-order valence-corrected chi connectivity index (χ2v) is 4.00. The van der Waals surface area contributed by atoms with Crippen molar-refractivity contribution in [3.63, 3.8) is 0 Å². The molecule has 0 unspecified atom stereocenters. The van der Waals surface area contributed by atoms with Gasteiger partial charge in [0.25, 0.3) is 0 Å². The van der Waals surface area contributed by atoms with Gasteiger partial charge in [-0.2, -0.15) is 0 Å². The number of hydrogen-bond donors (Lipinski definition) is 4. The SMILES string of the molecule is O.O.O=C(O)CN(CCN(CC(=O)O)CC(=O)O)CC(=O)O.[Na]. The molecular formula is C10H20N2NaO10. The molecule has 0 bridgehead atoms. The van der Waals surface area contributed by atoms with Gasteiger partial charge in [0.05, 0.1) is 26.2 Å². The molecule has 0 rings (SSSR count). The predicted molar refractivity (Wildman–Crippen MR) is 76.4 cm³/mol. The zero-order chi connectivity index (χ0) is 15.7. The number of carbonyl (C=O) groups is 4. The van der Waals surface area contributed by atoms with Crippen molar-refractivity contribution in [1.82, 2.24) is 9.80 Å². The molecule has 0 aromatic heterocycles. The maximum atomic E-state index is 10.6. The summed E-state index contributed by atoms with van der Waals surface area (Å²) in [5.41, 5.74) is 0. The smallest absolute Gasteiger partial charge is 0.317 e. The van der Waals surface area contributed by atoms with E-state index in [-0.39, 0.29) is 53.6 Å². The standard InChI is InChI=1S/C10H16N2O8.Na.2H2O/c13-7(14)3-11(4-8(15)16)1-2-12(5-9(17)18)6-10(19)20;;;/h1-6H2,(H,13,14)(H,15,16)(H,17,18)(H,19,20);;2*1H2. The molecular weight excluding hydrogens is 331 g/mol. The second-order valence-electron chi connectivity index (χ2n) is 4.00. The van der Waals surface area contributed by atoms with Crippen molar-refractivity contribution in [2.45, 2.75) is 0 Å². The van der Waals surface area contributed by atoms with Crippen molar-refractivity contribution in [2.24, 2.45) is 0 Å². The Morgan fingerprint density at radius 1 is 0.565 bits per heavy atom. The molecule has 0 aromatic carbocycles. The maximum Gasteiger partial charge on any atom is 0.317 e. The fourth-order valence-electron chi connectivity index (χ4n) is 1.48. The monoisotopic (exact) mass is 351 g/mol. The van der Waals surface area contributed by atoms with Crippen molar-refractivity contribution in [3.8, 4) is 0 Å².